The third-order valence-electron chi connectivity index (χ3n) is 8.65. The Morgan fingerprint density at radius 3 is 1.68 bits per heavy atom. The van der Waals surface area contributed by atoms with Crippen LogP contribution in [0.1, 0.15) is 155 Å². The lowest BCUT2D eigenvalue weighted by atomic mass is 9.99. The number of unbranched alkanes of at least 4 members (excludes halogenated alkanes) is 17. The third kappa shape index (κ3) is 21.9. The van der Waals surface area contributed by atoms with Crippen molar-refractivity contribution in [1.82, 2.24) is 0 Å². The molecule has 0 amide bonds. The molecule has 0 bridgehead atoms. The standard InChI is InChI=1S/C37H68O10/c1-3-5-7-9-11-12-13-14-15-16-17-18-20-21-23-25-32(39)44-28-30(46-33(40)26-24-22-19-10-8-6-4-2)29-45-37-36(43)35(42)34(41)31(27-38)47-37/h16-17,30-31,34-38,41-43H,3-15,18-29H2,1-2H3/b17-16+/t30-,31-,34+,35?,36?,37-/m0/s1. The van der Waals surface area contributed by atoms with Gasteiger partial charge in [0.1, 0.15) is 31.0 Å². The van der Waals surface area contributed by atoms with E-state index >= 15 is 0 Å². The first-order valence-corrected chi connectivity index (χ1v) is 18.8. The average molecular weight is 673 g/mol. The highest BCUT2D eigenvalue weighted by atomic mass is 16.7. The molecule has 1 fully saturated rings. The van der Waals surface area contributed by atoms with Crippen molar-refractivity contribution < 1.29 is 49.0 Å². The lowest BCUT2D eigenvalue weighted by Gasteiger charge is -2.39. The van der Waals surface area contributed by atoms with Gasteiger partial charge in [0.15, 0.2) is 12.4 Å². The van der Waals surface area contributed by atoms with Gasteiger partial charge in [0, 0.05) is 12.8 Å². The molecule has 10 heteroatoms. The van der Waals surface area contributed by atoms with Crippen LogP contribution < -0.4 is 0 Å². The Balaban J connectivity index is 2.37. The molecule has 1 rings (SSSR count). The number of hydrogen-bond acceptors (Lipinski definition) is 10. The summed E-state index contributed by atoms with van der Waals surface area (Å²) in [6, 6.07) is 0. The van der Waals surface area contributed by atoms with Crippen LogP contribution in [0.4, 0.5) is 0 Å². The molecule has 0 aromatic carbocycles. The Hall–Kier alpha value is -1.56. The van der Waals surface area contributed by atoms with Gasteiger partial charge in [0.25, 0.3) is 0 Å². The zero-order chi connectivity index (χ0) is 34.5. The molecule has 1 saturated heterocycles. The van der Waals surface area contributed by atoms with Crippen molar-refractivity contribution in [1.29, 1.82) is 0 Å². The third-order valence-corrected chi connectivity index (χ3v) is 8.65. The topological polar surface area (TPSA) is 152 Å². The number of carbonyl (C=O) groups excluding carboxylic acids is 2. The Morgan fingerprint density at radius 2 is 1.13 bits per heavy atom. The van der Waals surface area contributed by atoms with Crippen molar-refractivity contribution in [2.45, 2.75) is 192 Å². The molecule has 10 nitrogen and oxygen atoms in total. The van der Waals surface area contributed by atoms with Crippen LogP contribution in [0.25, 0.3) is 0 Å². The van der Waals surface area contributed by atoms with Gasteiger partial charge in [-0.1, -0.05) is 116 Å². The summed E-state index contributed by atoms with van der Waals surface area (Å²) in [6.07, 6.45) is 19.6. The summed E-state index contributed by atoms with van der Waals surface area (Å²) in [7, 11) is 0. The molecule has 0 spiro atoms. The lowest BCUT2D eigenvalue weighted by molar-refractivity contribution is -0.305. The predicted molar refractivity (Wildman–Crippen MR) is 183 cm³/mol. The first-order valence-electron chi connectivity index (χ1n) is 18.8. The highest BCUT2D eigenvalue weighted by molar-refractivity contribution is 5.70. The lowest BCUT2D eigenvalue weighted by Crippen LogP contribution is -2.59. The maximum atomic E-state index is 12.6. The zero-order valence-electron chi connectivity index (χ0n) is 29.5. The summed E-state index contributed by atoms with van der Waals surface area (Å²) < 4.78 is 21.9. The smallest absolute Gasteiger partial charge is 0.306 e. The molecule has 1 heterocycles. The molecular formula is C37H68O10. The van der Waals surface area contributed by atoms with Crippen LogP contribution in [0.5, 0.6) is 0 Å². The van der Waals surface area contributed by atoms with Crippen molar-refractivity contribution in [3.8, 4) is 0 Å². The minimum atomic E-state index is -1.59. The summed E-state index contributed by atoms with van der Waals surface area (Å²) in [5, 5.41) is 39.8. The number of rotatable bonds is 30. The first-order chi connectivity index (χ1) is 22.8. The van der Waals surface area contributed by atoms with Crippen molar-refractivity contribution in [2.24, 2.45) is 0 Å². The van der Waals surface area contributed by atoms with E-state index in [1.807, 2.05) is 0 Å². The Labute approximate surface area is 284 Å². The van der Waals surface area contributed by atoms with E-state index in [2.05, 4.69) is 26.0 Å². The summed E-state index contributed by atoms with van der Waals surface area (Å²) in [5.41, 5.74) is 0. The number of allylic oxidation sites excluding steroid dienone is 2. The molecule has 4 N–H and O–H groups in total. The van der Waals surface area contributed by atoms with Crippen LogP contribution in [-0.2, 0) is 28.5 Å². The highest BCUT2D eigenvalue weighted by Gasteiger charge is 2.44. The molecule has 0 saturated carbocycles. The first kappa shape index (κ1) is 43.5. The fourth-order valence-corrected chi connectivity index (χ4v) is 5.59. The molecule has 47 heavy (non-hydrogen) atoms. The average Bonchev–Trinajstić information content (AvgIpc) is 3.06. The largest absolute Gasteiger partial charge is 0.462 e. The van der Waals surface area contributed by atoms with Gasteiger partial charge in [-0.25, -0.2) is 0 Å². The molecular weight excluding hydrogens is 604 g/mol. The maximum Gasteiger partial charge on any atom is 0.306 e. The Morgan fingerprint density at radius 1 is 0.638 bits per heavy atom. The van der Waals surface area contributed by atoms with Gasteiger partial charge in [-0.2, -0.15) is 0 Å². The fourth-order valence-electron chi connectivity index (χ4n) is 5.59. The van der Waals surface area contributed by atoms with E-state index in [0.29, 0.717) is 12.8 Å². The number of carbonyl (C=O) groups is 2. The quantitative estimate of drug-likeness (QED) is 0.0381. The monoisotopic (exact) mass is 672 g/mol. The van der Waals surface area contributed by atoms with E-state index in [-0.39, 0.29) is 26.1 Å². The van der Waals surface area contributed by atoms with Crippen LogP contribution in [0.2, 0.25) is 0 Å². The fraction of sp³-hybridized carbons (Fsp3) is 0.892. The van der Waals surface area contributed by atoms with E-state index in [1.54, 1.807) is 0 Å². The molecule has 0 radical (unpaired) electrons. The molecule has 0 aromatic heterocycles. The number of esters is 2. The number of hydrogen-bond donors (Lipinski definition) is 4. The van der Waals surface area contributed by atoms with Gasteiger partial charge in [-0.05, 0) is 38.5 Å². The summed E-state index contributed by atoms with van der Waals surface area (Å²) in [6.45, 7) is 3.33. The second-order valence-electron chi connectivity index (χ2n) is 13.0. The molecule has 0 aliphatic carbocycles. The van der Waals surface area contributed by atoms with E-state index in [1.165, 1.54) is 70.6 Å². The molecule has 2 unspecified atom stereocenters. The van der Waals surface area contributed by atoms with Crippen LogP contribution in [-0.4, -0.2) is 89.0 Å². The van der Waals surface area contributed by atoms with Crippen molar-refractivity contribution >= 4 is 11.9 Å². The van der Waals surface area contributed by atoms with Gasteiger partial charge in [-0.15, -0.1) is 0 Å². The van der Waals surface area contributed by atoms with Crippen LogP contribution in [0.15, 0.2) is 12.2 Å². The molecule has 6 atom stereocenters. The van der Waals surface area contributed by atoms with Crippen LogP contribution >= 0.6 is 0 Å². The van der Waals surface area contributed by atoms with E-state index in [4.69, 9.17) is 18.9 Å². The summed E-state index contributed by atoms with van der Waals surface area (Å²) in [5.74, 6) is -0.830. The van der Waals surface area contributed by atoms with Gasteiger partial charge in [-0.3, -0.25) is 9.59 Å². The van der Waals surface area contributed by atoms with E-state index in [0.717, 1.165) is 44.9 Å². The molecule has 0 aromatic rings. The van der Waals surface area contributed by atoms with Crippen molar-refractivity contribution in [3.05, 3.63) is 12.2 Å². The SMILES string of the molecule is CCCCCCCCCC/C=C/CCCCCC(=O)OC[C@@H](CO[C@H]1O[C@@H](CO)[C@@H](O)C(O)C1O)OC(=O)CCCCCCCCC. The normalized spacial score (nSPS) is 22.0. The van der Waals surface area contributed by atoms with Crippen LogP contribution in [0, 0.1) is 0 Å². The Bertz CT molecular complexity index is 789. The molecule has 276 valence electrons. The predicted octanol–water partition coefficient (Wildman–Crippen LogP) is 6.44. The van der Waals surface area contributed by atoms with Crippen LogP contribution in [0.3, 0.4) is 0 Å². The summed E-state index contributed by atoms with van der Waals surface area (Å²) >= 11 is 0. The number of ether oxygens (including phenoxy) is 4. The van der Waals surface area contributed by atoms with E-state index < -0.39 is 55.4 Å². The number of aliphatic hydroxyl groups excluding tert-OH is 4. The highest BCUT2D eigenvalue weighted by Crippen LogP contribution is 2.22. The second kappa shape index (κ2) is 29.4. The van der Waals surface area contributed by atoms with Gasteiger partial charge in [0.2, 0.25) is 0 Å². The summed E-state index contributed by atoms with van der Waals surface area (Å²) in [4.78, 5) is 25.0. The molecule has 1 aliphatic heterocycles. The minimum Gasteiger partial charge on any atom is -0.462 e. The second-order valence-corrected chi connectivity index (χ2v) is 13.0. The number of aliphatic hydroxyl groups is 4. The van der Waals surface area contributed by atoms with Gasteiger partial charge >= 0.3 is 11.9 Å². The Kier molecular flexibility index (Phi) is 27.2. The van der Waals surface area contributed by atoms with Crippen molar-refractivity contribution in [2.75, 3.05) is 19.8 Å². The van der Waals surface area contributed by atoms with E-state index in [9.17, 15) is 30.0 Å². The van der Waals surface area contributed by atoms with Crippen molar-refractivity contribution in [3.63, 3.8) is 0 Å². The minimum absolute atomic E-state index is 0.222. The van der Waals surface area contributed by atoms with Gasteiger partial charge < -0.3 is 39.4 Å². The maximum absolute atomic E-state index is 12.6. The molecule has 1 aliphatic rings. The van der Waals surface area contributed by atoms with Gasteiger partial charge in [0.05, 0.1) is 13.2 Å². The zero-order valence-corrected chi connectivity index (χ0v) is 29.5.